The Morgan fingerprint density at radius 2 is 1.32 bits per heavy atom. The maximum atomic E-state index is 14.3. The van der Waals surface area contributed by atoms with E-state index in [0.29, 0.717) is 12.0 Å². The number of benzene rings is 4. The van der Waals surface area contributed by atoms with E-state index in [4.69, 9.17) is 4.98 Å². The van der Waals surface area contributed by atoms with Crippen LogP contribution in [0.15, 0.2) is 103 Å². The highest BCUT2D eigenvalue weighted by atomic mass is 19.1. The summed E-state index contributed by atoms with van der Waals surface area (Å²) in [5, 5.41) is 1.06. The first kappa shape index (κ1) is 24.8. The summed E-state index contributed by atoms with van der Waals surface area (Å²) >= 11 is 0. The number of hydrogen-bond acceptors (Lipinski definition) is 2. The molecule has 0 radical (unpaired) electrons. The number of fused-ring (bicyclic) bond motifs is 1. The van der Waals surface area contributed by atoms with Crippen LogP contribution in [-0.4, -0.2) is 30.5 Å². The molecular weight excluding hydrogens is 462 g/mol. The van der Waals surface area contributed by atoms with Crippen molar-refractivity contribution < 1.29 is 8.78 Å². The van der Waals surface area contributed by atoms with Gasteiger partial charge in [-0.25, -0.2) is 13.8 Å². The third kappa shape index (κ3) is 5.60. The van der Waals surface area contributed by atoms with Gasteiger partial charge in [0.25, 0.3) is 0 Å². The Balaban J connectivity index is 1.76. The zero-order valence-corrected chi connectivity index (χ0v) is 21.2. The van der Waals surface area contributed by atoms with E-state index in [-0.39, 0.29) is 5.92 Å². The fraction of sp³-hybridized carbons (Fsp3) is 0.182. The Labute approximate surface area is 217 Å². The summed E-state index contributed by atoms with van der Waals surface area (Å²) in [6, 6.07) is 32.6. The van der Waals surface area contributed by atoms with Crippen LogP contribution in [0.4, 0.5) is 8.78 Å². The number of hydrogen-bond donors (Lipinski definition) is 0. The minimum absolute atomic E-state index is 0.0792. The number of nitrogens with zero attached hydrogens (tertiary/aromatic N) is 2. The Morgan fingerprint density at radius 1 is 0.730 bits per heavy atom. The molecule has 0 aliphatic heterocycles. The van der Waals surface area contributed by atoms with Crippen molar-refractivity contribution in [1.29, 1.82) is 0 Å². The average Bonchev–Trinajstić information content (AvgIpc) is 2.91. The van der Waals surface area contributed by atoms with Crippen molar-refractivity contribution in [3.8, 4) is 22.4 Å². The predicted octanol–water partition coefficient (Wildman–Crippen LogP) is 8.13. The Bertz CT molecular complexity index is 1480. The quantitative estimate of drug-likeness (QED) is 0.217. The van der Waals surface area contributed by atoms with Gasteiger partial charge in [-0.3, -0.25) is 0 Å². The van der Waals surface area contributed by atoms with Crippen LogP contribution in [0.5, 0.6) is 0 Å². The van der Waals surface area contributed by atoms with Crippen LogP contribution in [0.25, 0.3) is 33.3 Å². The van der Waals surface area contributed by atoms with E-state index in [1.54, 1.807) is 0 Å². The van der Waals surface area contributed by atoms with Crippen molar-refractivity contribution in [3.63, 3.8) is 0 Å². The van der Waals surface area contributed by atoms with E-state index in [0.717, 1.165) is 57.9 Å². The SMILES string of the molecule is CN(C)CCC(Cc1c(-c2ccccc2)c(-c2ccccc2)nc2ccccc12)c1cc(F)cc(F)c1. The van der Waals surface area contributed by atoms with E-state index in [9.17, 15) is 8.78 Å². The van der Waals surface area contributed by atoms with Gasteiger partial charge in [-0.1, -0.05) is 78.9 Å². The highest BCUT2D eigenvalue weighted by Crippen LogP contribution is 2.40. The van der Waals surface area contributed by atoms with Crippen LogP contribution in [0, 0.1) is 11.6 Å². The summed E-state index contributed by atoms with van der Waals surface area (Å²) in [5.41, 5.74) is 6.83. The second kappa shape index (κ2) is 11.0. The molecule has 5 aromatic rings. The van der Waals surface area contributed by atoms with Crippen molar-refractivity contribution in [1.82, 2.24) is 9.88 Å². The highest BCUT2D eigenvalue weighted by Gasteiger charge is 2.23. The van der Waals surface area contributed by atoms with Gasteiger partial charge < -0.3 is 4.90 Å². The molecular formula is C33H30F2N2. The van der Waals surface area contributed by atoms with Crippen LogP contribution in [0.3, 0.4) is 0 Å². The van der Waals surface area contributed by atoms with Gasteiger partial charge in [0.2, 0.25) is 0 Å². The van der Waals surface area contributed by atoms with Gasteiger partial charge in [0.15, 0.2) is 0 Å². The third-order valence-corrected chi connectivity index (χ3v) is 6.84. The summed E-state index contributed by atoms with van der Waals surface area (Å²) in [6.07, 6.45) is 1.39. The highest BCUT2D eigenvalue weighted by molar-refractivity contribution is 5.95. The molecule has 0 spiro atoms. The standard InChI is InChI=1S/C33H30F2N2/c1-37(2)18-17-25(26-19-27(34)22-28(35)20-26)21-30-29-15-9-10-16-31(29)36-33(24-13-7-4-8-14-24)32(30)23-11-5-3-6-12-23/h3-16,19-20,22,25H,17-18,21H2,1-2H3. The van der Waals surface area contributed by atoms with Crippen LogP contribution in [0.2, 0.25) is 0 Å². The summed E-state index contributed by atoms with van der Waals surface area (Å²) < 4.78 is 28.7. The molecule has 5 rings (SSSR count). The lowest BCUT2D eigenvalue weighted by molar-refractivity contribution is 0.379. The van der Waals surface area contributed by atoms with E-state index in [1.165, 1.54) is 12.1 Å². The molecule has 0 bridgehead atoms. The largest absolute Gasteiger partial charge is 0.309 e. The summed E-state index contributed by atoms with van der Waals surface area (Å²) in [6.45, 7) is 0.804. The molecule has 0 fully saturated rings. The number of pyridine rings is 1. The number of rotatable bonds is 8. The van der Waals surface area contributed by atoms with Crippen molar-refractivity contribution in [2.24, 2.45) is 0 Å². The van der Waals surface area contributed by atoms with Crippen molar-refractivity contribution in [2.75, 3.05) is 20.6 Å². The normalized spacial score (nSPS) is 12.2. The molecule has 0 aliphatic carbocycles. The van der Waals surface area contributed by atoms with Crippen LogP contribution in [0.1, 0.15) is 23.5 Å². The van der Waals surface area contributed by atoms with Gasteiger partial charge in [0.1, 0.15) is 11.6 Å². The molecule has 4 heteroatoms. The smallest absolute Gasteiger partial charge is 0.126 e. The molecule has 0 saturated carbocycles. The number of para-hydroxylation sites is 1. The fourth-order valence-electron chi connectivity index (χ4n) is 5.07. The van der Waals surface area contributed by atoms with E-state index in [2.05, 4.69) is 35.2 Å². The van der Waals surface area contributed by atoms with Gasteiger partial charge in [0, 0.05) is 22.6 Å². The molecule has 0 saturated heterocycles. The molecule has 1 heterocycles. The van der Waals surface area contributed by atoms with Crippen LogP contribution >= 0.6 is 0 Å². The molecule has 186 valence electrons. The molecule has 4 aromatic carbocycles. The molecule has 37 heavy (non-hydrogen) atoms. The van der Waals surface area contributed by atoms with Gasteiger partial charge in [0.05, 0.1) is 11.2 Å². The minimum Gasteiger partial charge on any atom is -0.309 e. The maximum absolute atomic E-state index is 14.3. The van der Waals surface area contributed by atoms with Crippen LogP contribution < -0.4 is 0 Å². The Hall–Kier alpha value is -3.89. The Morgan fingerprint density at radius 3 is 1.97 bits per heavy atom. The second-order valence-electron chi connectivity index (χ2n) is 9.76. The van der Waals surface area contributed by atoms with E-state index >= 15 is 0 Å². The van der Waals surface area contributed by atoms with E-state index < -0.39 is 11.6 Å². The minimum atomic E-state index is -0.544. The lowest BCUT2D eigenvalue weighted by atomic mass is 9.83. The zero-order chi connectivity index (χ0) is 25.8. The van der Waals surface area contributed by atoms with Gasteiger partial charge in [-0.05, 0) is 74.3 Å². The summed E-state index contributed by atoms with van der Waals surface area (Å²) in [7, 11) is 4.04. The first-order chi connectivity index (χ1) is 18.0. The first-order valence-electron chi connectivity index (χ1n) is 12.6. The fourth-order valence-corrected chi connectivity index (χ4v) is 5.07. The second-order valence-corrected chi connectivity index (χ2v) is 9.76. The van der Waals surface area contributed by atoms with Gasteiger partial charge >= 0.3 is 0 Å². The maximum Gasteiger partial charge on any atom is 0.126 e. The molecule has 0 N–H and O–H groups in total. The molecule has 1 unspecified atom stereocenters. The van der Waals surface area contributed by atoms with Crippen molar-refractivity contribution in [2.45, 2.75) is 18.8 Å². The van der Waals surface area contributed by atoms with Crippen molar-refractivity contribution >= 4 is 10.9 Å². The summed E-state index contributed by atoms with van der Waals surface area (Å²) in [4.78, 5) is 7.25. The molecule has 0 amide bonds. The monoisotopic (exact) mass is 492 g/mol. The molecule has 0 aliphatic rings. The third-order valence-electron chi connectivity index (χ3n) is 6.84. The zero-order valence-electron chi connectivity index (χ0n) is 21.2. The lowest BCUT2D eigenvalue weighted by Crippen LogP contribution is -2.18. The number of aromatic nitrogens is 1. The first-order valence-corrected chi connectivity index (χ1v) is 12.6. The molecule has 1 atom stereocenters. The van der Waals surface area contributed by atoms with Crippen LogP contribution in [-0.2, 0) is 6.42 Å². The molecule has 2 nitrogen and oxygen atoms in total. The van der Waals surface area contributed by atoms with Crippen molar-refractivity contribution in [3.05, 3.63) is 126 Å². The summed E-state index contributed by atoms with van der Waals surface area (Å²) in [5.74, 6) is -1.17. The van der Waals surface area contributed by atoms with Gasteiger partial charge in [-0.2, -0.15) is 0 Å². The topological polar surface area (TPSA) is 16.1 Å². The average molecular weight is 493 g/mol. The van der Waals surface area contributed by atoms with E-state index in [1.807, 2.05) is 68.7 Å². The Kier molecular flexibility index (Phi) is 7.38. The van der Waals surface area contributed by atoms with Gasteiger partial charge in [-0.15, -0.1) is 0 Å². The predicted molar refractivity (Wildman–Crippen MR) is 149 cm³/mol. The molecule has 1 aromatic heterocycles. The lowest BCUT2D eigenvalue weighted by Gasteiger charge is -2.24. The number of halogens is 2.